The van der Waals surface area contributed by atoms with E-state index in [9.17, 15) is 0 Å². The second kappa shape index (κ2) is 8.23. The Morgan fingerprint density at radius 2 is 2.11 bits per heavy atom. The standard InChI is InChI=1S/C16H34N2O/c1-14(2)12-18(9-10-19-5)13-16(3,4)15-7-6-8-17-11-15/h14-15,17H,6-13H2,1-5H3. The van der Waals surface area contributed by atoms with Crippen molar-refractivity contribution in [2.75, 3.05) is 46.4 Å². The minimum absolute atomic E-state index is 0.385. The Morgan fingerprint density at radius 3 is 2.63 bits per heavy atom. The van der Waals surface area contributed by atoms with Gasteiger partial charge in [-0.3, -0.25) is 0 Å². The molecule has 0 bridgehead atoms. The predicted molar refractivity (Wildman–Crippen MR) is 82.5 cm³/mol. The molecule has 114 valence electrons. The molecule has 0 amide bonds. The van der Waals surface area contributed by atoms with E-state index in [4.69, 9.17) is 4.74 Å². The van der Waals surface area contributed by atoms with E-state index in [1.807, 2.05) is 0 Å². The van der Waals surface area contributed by atoms with Crippen molar-refractivity contribution in [1.29, 1.82) is 0 Å². The van der Waals surface area contributed by atoms with Crippen LogP contribution >= 0.6 is 0 Å². The van der Waals surface area contributed by atoms with Crippen LogP contribution < -0.4 is 5.32 Å². The highest BCUT2D eigenvalue weighted by Crippen LogP contribution is 2.32. The summed E-state index contributed by atoms with van der Waals surface area (Å²) in [6.07, 6.45) is 2.70. The fourth-order valence-corrected chi connectivity index (χ4v) is 3.20. The summed E-state index contributed by atoms with van der Waals surface area (Å²) in [6.45, 7) is 16.1. The summed E-state index contributed by atoms with van der Waals surface area (Å²) in [7, 11) is 1.80. The first-order chi connectivity index (χ1) is 8.95. The van der Waals surface area contributed by atoms with Crippen molar-refractivity contribution >= 4 is 0 Å². The van der Waals surface area contributed by atoms with Gasteiger partial charge < -0.3 is 15.0 Å². The number of ether oxygens (including phenoxy) is 1. The van der Waals surface area contributed by atoms with Crippen LogP contribution in [-0.2, 0) is 4.74 Å². The molecule has 0 aromatic heterocycles. The molecular weight excluding hydrogens is 236 g/mol. The number of methoxy groups -OCH3 is 1. The maximum absolute atomic E-state index is 5.26. The van der Waals surface area contributed by atoms with E-state index in [-0.39, 0.29) is 0 Å². The van der Waals surface area contributed by atoms with Gasteiger partial charge in [-0.05, 0) is 43.2 Å². The van der Waals surface area contributed by atoms with Crippen LogP contribution in [0.4, 0.5) is 0 Å². The smallest absolute Gasteiger partial charge is 0.0589 e. The first-order valence-corrected chi connectivity index (χ1v) is 7.87. The van der Waals surface area contributed by atoms with Crippen molar-refractivity contribution in [2.45, 2.75) is 40.5 Å². The van der Waals surface area contributed by atoms with E-state index >= 15 is 0 Å². The zero-order valence-corrected chi connectivity index (χ0v) is 13.7. The zero-order chi connectivity index (χ0) is 14.3. The Morgan fingerprint density at radius 1 is 1.37 bits per heavy atom. The van der Waals surface area contributed by atoms with Crippen molar-refractivity contribution in [3.05, 3.63) is 0 Å². The minimum Gasteiger partial charge on any atom is -0.383 e. The molecule has 0 radical (unpaired) electrons. The minimum atomic E-state index is 0.385. The number of nitrogens with one attached hydrogen (secondary N) is 1. The maximum atomic E-state index is 5.26. The van der Waals surface area contributed by atoms with Gasteiger partial charge in [-0.2, -0.15) is 0 Å². The van der Waals surface area contributed by atoms with Gasteiger partial charge in [0.2, 0.25) is 0 Å². The largest absolute Gasteiger partial charge is 0.383 e. The van der Waals surface area contributed by atoms with E-state index in [0.29, 0.717) is 5.41 Å². The highest BCUT2D eigenvalue weighted by molar-refractivity contribution is 4.85. The Hall–Kier alpha value is -0.120. The molecule has 3 heteroatoms. The monoisotopic (exact) mass is 270 g/mol. The molecule has 1 unspecified atom stereocenters. The Labute approximate surface area is 120 Å². The first kappa shape index (κ1) is 16.9. The average molecular weight is 270 g/mol. The van der Waals surface area contributed by atoms with Gasteiger partial charge in [0.1, 0.15) is 0 Å². The van der Waals surface area contributed by atoms with Gasteiger partial charge in [0.15, 0.2) is 0 Å². The van der Waals surface area contributed by atoms with Gasteiger partial charge >= 0.3 is 0 Å². The number of hydrogen-bond donors (Lipinski definition) is 1. The van der Waals surface area contributed by atoms with E-state index in [0.717, 1.165) is 25.0 Å². The second-order valence-corrected chi connectivity index (χ2v) is 7.15. The summed E-state index contributed by atoms with van der Waals surface area (Å²) >= 11 is 0. The molecule has 1 aliphatic rings. The van der Waals surface area contributed by atoms with Crippen LogP contribution in [0, 0.1) is 17.3 Å². The summed E-state index contributed by atoms with van der Waals surface area (Å²) in [5.41, 5.74) is 0.385. The number of hydrogen-bond acceptors (Lipinski definition) is 3. The van der Waals surface area contributed by atoms with Crippen LogP contribution in [0.3, 0.4) is 0 Å². The third-order valence-corrected chi connectivity index (χ3v) is 4.27. The van der Waals surface area contributed by atoms with Crippen LogP contribution in [0.15, 0.2) is 0 Å². The van der Waals surface area contributed by atoms with Crippen LogP contribution in [0.5, 0.6) is 0 Å². The summed E-state index contributed by atoms with van der Waals surface area (Å²) in [6, 6.07) is 0. The number of rotatable bonds is 8. The molecule has 1 N–H and O–H groups in total. The topological polar surface area (TPSA) is 24.5 Å². The summed E-state index contributed by atoms with van der Waals surface area (Å²) < 4.78 is 5.26. The molecular formula is C16H34N2O. The SMILES string of the molecule is COCCN(CC(C)C)CC(C)(C)C1CCCNC1. The Kier molecular flexibility index (Phi) is 7.33. The number of piperidine rings is 1. The maximum Gasteiger partial charge on any atom is 0.0589 e. The van der Waals surface area contributed by atoms with Gasteiger partial charge in [0.25, 0.3) is 0 Å². The van der Waals surface area contributed by atoms with Crippen molar-refractivity contribution in [3.63, 3.8) is 0 Å². The van der Waals surface area contributed by atoms with Gasteiger partial charge in [-0.25, -0.2) is 0 Å². The predicted octanol–water partition coefficient (Wildman–Crippen LogP) is 2.62. The van der Waals surface area contributed by atoms with Crippen LogP contribution in [0.25, 0.3) is 0 Å². The van der Waals surface area contributed by atoms with E-state index in [2.05, 4.69) is 37.9 Å². The lowest BCUT2D eigenvalue weighted by Gasteiger charge is -2.41. The van der Waals surface area contributed by atoms with Gasteiger partial charge in [0, 0.05) is 26.7 Å². The molecule has 0 saturated carbocycles. The molecule has 0 aromatic carbocycles. The van der Waals surface area contributed by atoms with E-state index < -0.39 is 0 Å². The molecule has 0 aromatic rings. The highest BCUT2D eigenvalue weighted by atomic mass is 16.5. The van der Waals surface area contributed by atoms with Crippen molar-refractivity contribution < 1.29 is 4.74 Å². The fraction of sp³-hybridized carbons (Fsp3) is 1.00. The molecule has 1 heterocycles. The molecule has 1 saturated heterocycles. The second-order valence-electron chi connectivity index (χ2n) is 7.15. The van der Waals surface area contributed by atoms with Crippen molar-refractivity contribution in [1.82, 2.24) is 10.2 Å². The van der Waals surface area contributed by atoms with E-state index in [1.54, 1.807) is 7.11 Å². The molecule has 19 heavy (non-hydrogen) atoms. The lowest BCUT2D eigenvalue weighted by Crippen LogP contribution is -2.46. The molecule has 0 spiro atoms. The number of nitrogens with zero attached hydrogens (tertiary/aromatic N) is 1. The van der Waals surface area contributed by atoms with Crippen LogP contribution in [0.1, 0.15) is 40.5 Å². The highest BCUT2D eigenvalue weighted by Gasteiger charge is 2.32. The van der Waals surface area contributed by atoms with E-state index in [1.165, 1.54) is 39.0 Å². The molecule has 3 nitrogen and oxygen atoms in total. The first-order valence-electron chi connectivity index (χ1n) is 7.87. The third kappa shape index (κ3) is 6.24. The normalized spacial score (nSPS) is 21.3. The molecule has 1 fully saturated rings. The van der Waals surface area contributed by atoms with Crippen molar-refractivity contribution in [3.8, 4) is 0 Å². The van der Waals surface area contributed by atoms with Gasteiger partial charge in [-0.1, -0.05) is 27.7 Å². The molecule has 1 aliphatic heterocycles. The Bertz CT molecular complexity index is 235. The molecule has 0 aliphatic carbocycles. The fourth-order valence-electron chi connectivity index (χ4n) is 3.20. The van der Waals surface area contributed by atoms with Gasteiger partial charge in [0.05, 0.1) is 6.61 Å². The molecule has 1 rings (SSSR count). The Balaban J connectivity index is 2.53. The van der Waals surface area contributed by atoms with Gasteiger partial charge in [-0.15, -0.1) is 0 Å². The molecule has 1 atom stereocenters. The average Bonchev–Trinajstić information content (AvgIpc) is 2.36. The summed E-state index contributed by atoms with van der Waals surface area (Å²) in [5, 5.41) is 3.55. The van der Waals surface area contributed by atoms with Crippen LogP contribution in [-0.4, -0.2) is 51.3 Å². The van der Waals surface area contributed by atoms with Crippen LogP contribution in [0.2, 0.25) is 0 Å². The van der Waals surface area contributed by atoms with Crippen molar-refractivity contribution in [2.24, 2.45) is 17.3 Å². The third-order valence-electron chi connectivity index (χ3n) is 4.27. The summed E-state index contributed by atoms with van der Waals surface area (Å²) in [5.74, 6) is 1.52. The lowest BCUT2D eigenvalue weighted by atomic mass is 9.74. The summed E-state index contributed by atoms with van der Waals surface area (Å²) in [4.78, 5) is 2.59. The lowest BCUT2D eigenvalue weighted by molar-refractivity contribution is 0.0718. The quantitative estimate of drug-likeness (QED) is 0.734. The zero-order valence-electron chi connectivity index (χ0n) is 13.7.